The lowest BCUT2D eigenvalue weighted by atomic mass is 10.0. The first kappa shape index (κ1) is 11.4. The van der Waals surface area contributed by atoms with E-state index in [1.807, 2.05) is 0 Å². The summed E-state index contributed by atoms with van der Waals surface area (Å²) in [6.45, 7) is 6.07. The fourth-order valence-electron chi connectivity index (χ4n) is 3.75. The molecule has 2 aromatic rings. The first-order valence-electron chi connectivity index (χ1n) is 7.30. The fraction of sp³-hybridized carbons (Fsp3) is 0.412. The first-order valence-corrected chi connectivity index (χ1v) is 7.30. The van der Waals surface area contributed by atoms with Crippen molar-refractivity contribution >= 4 is 10.8 Å². The summed E-state index contributed by atoms with van der Waals surface area (Å²) in [5.74, 6) is 1.77. The molecular formula is C17H20N2. The number of hydrogen-bond acceptors (Lipinski definition) is 2. The van der Waals surface area contributed by atoms with Crippen molar-refractivity contribution in [2.75, 3.05) is 26.2 Å². The van der Waals surface area contributed by atoms with E-state index in [-0.39, 0.29) is 0 Å². The van der Waals surface area contributed by atoms with Gasteiger partial charge in [0.1, 0.15) is 0 Å². The third kappa shape index (κ3) is 2.05. The summed E-state index contributed by atoms with van der Waals surface area (Å²) in [5.41, 5.74) is 1.48. The van der Waals surface area contributed by atoms with Crippen LogP contribution in [0.15, 0.2) is 42.5 Å². The van der Waals surface area contributed by atoms with E-state index in [2.05, 4.69) is 52.7 Å². The second kappa shape index (κ2) is 4.62. The summed E-state index contributed by atoms with van der Waals surface area (Å²) in [4.78, 5) is 2.64. The summed E-state index contributed by atoms with van der Waals surface area (Å²) in [7, 11) is 0. The Labute approximate surface area is 114 Å². The SMILES string of the molecule is c1ccc2c(CN3CC4CNCC4C3)cccc2c1. The van der Waals surface area contributed by atoms with Gasteiger partial charge < -0.3 is 5.32 Å². The summed E-state index contributed by atoms with van der Waals surface area (Å²) >= 11 is 0. The molecule has 2 aliphatic rings. The topological polar surface area (TPSA) is 15.3 Å². The largest absolute Gasteiger partial charge is 0.316 e. The molecule has 0 spiro atoms. The van der Waals surface area contributed by atoms with Crippen LogP contribution in [0.4, 0.5) is 0 Å². The Kier molecular flexibility index (Phi) is 2.78. The van der Waals surface area contributed by atoms with Crippen LogP contribution in [-0.4, -0.2) is 31.1 Å². The summed E-state index contributed by atoms with van der Waals surface area (Å²) in [6, 6.07) is 15.4. The van der Waals surface area contributed by atoms with Crippen LogP contribution in [0.2, 0.25) is 0 Å². The average Bonchev–Trinajstić information content (AvgIpc) is 3.00. The monoisotopic (exact) mass is 252 g/mol. The Morgan fingerprint density at radius 2 is 1.68 bits per heavy atom. The van der Waals surface area contributed by atoms with Crippen molar-refractivity contribution in [2.45, 2.75) is 6.54 Å². The second-order valence-electron chi connectivity index (χ2n) is 6.01. The van der Waals surface area contributed by atoms with E-state index in [1.54, 1.807) is 0 Å². The van der Waals surface area contributed by atoms with Crippen LogP contribution in [0, 0.1) is 11.8 Å². The lowest BCUT2D eigenvalue weighted by molar-refractivity contribution is 0.307. The van der Waals surface area contributed by atoms with Crippen molar-refractivity contribution in [3.05, 3.63) is 48.0 Å². The molecule has 2 fully saturated rings. The van der Waals surface area contributed by atoms with Crippen LogP contribution in [-0.2, 0) is 6.54 Å². The molecule has 2 aromatic carbocycles. The van der Waals surface area contributed by atoms with Crippen molar-refractivity contribution in [3.63, 3.8) is 0 Å². The van der Waals surface area contributed by atoms with Crippen LogP contribution < -0.4 is 5.32 Å². The Hall–Kier alpha value is -1.38. The fourth-order valence-corrected chi connectivity index (χ4v) is 3.75. The highest BCUT2D eigenvalue weighted by atomic mass is 15.2. The molecule has 2 saturated heterocycles. The van der Waals surface area contributed by atoms with Gasteiger partial charge in [-0.2, -0.15) is 0 Å². The molecule has 2 unspecified atom stereocenters. The summed E-state index contributed by atoms with van der Waals surface area (Å²) in [6.07, 6.45) is 0. The van der Waals surface area contributed by atoms with Gasteiger partial charge in [-0.3, -0.25) is 4.90 Å². The molecular weight excluding hydrogens is 232 g/mol. The quantitative estimate of drug-likeness (QED) is 0.883. The van der Waals surface area contributed by atoms with E-state index in [0.29, 0.717) is 0 Å². The van der Waals surface area contributed by atoms with Crippen molar-refractivity contribution in [1.29, 1.82) is 0 Å². The van der Waals surface area contributed by atoms with Crippen molar-refractivity contribution in [3.8, 4) is 0 Å². The minimum absolute atomic E-state index is 0.884. The molecule has 0 aliphatic carbocycles. The third-order valence-electron chi connectivity index (χ3n) is 4.74. The molecule has 2 nitrogen and oxygen atoms in total. The van der Waals surface area contributed by atoms with Gasteiger partial charge in [-0.25, -0.2) is 0 Å². The van der Waals surface area contributed by atoms with Gasteiger partial charge in [-0.05, 0) is 41.3 Å². The van der Waals surface area contributed by atoms with Crippen molar-refractivity contribution in [1.82, 2.24) is 10.2 Å². The van der Waals surface area contributed by atoms with Gasteiger partial charge >= 0.3 is 0 Å². The molecule has 0 bridgehead atoms. The van der Waals surface area contributed by atoms with Gasteiger partial charge in [0, 0.05) is 19.6 Å². The predicted molar refractivity (Wildman–Crippen MR) is 79.1 cm³/mol. The maximum Gasteiger partial charge on any atom is 0.0240 e. The summed E-state index contributed by atoms with van der Waals surface area (Å²) in [5, 5.41) is 6.29. The lowest BCUT2D eigenvalue weighted by Gasteiger charge is -2.18. The number of nitrogens with one attached hydrogen (secondary N) is 1. The molecule has 0 aromatic heterocycles. The molecule has 2 heteroatoms. The average molecular weight is 252 g/mol. The van der Waals surface area contributed by atoms with Crippen LogP contribution in [0.5, 0.6) is 0 Å². The molecule has 4 rings (SSSR count). The second-order valence-corrected chi connectivity index (χ2v) is 6.01. The van der Waals surface area contributed by atoms with Gasteiger partial charge in [0.2, 0.25) is 0 Å². The Bertz CT molecular complexity index is 575. The zero-order chi connectivity index (χ0) is 12.7. The van der Waals surface area contributed by atoms with Gasteiger partial charge in [-0.1, -0.05) is 42.5 Å². The van der Waals surface area contributed by atoms with Crippen molar-refractivity contribution < 1.29 is 0 Å². The minimum atomic E-state index is 0.884. The zero-order valence-corrected chi connectivity index (χ0v) is 11.2. The first-order chi connectivity index (χ1) is 9.40. The Morgan fingerprint density at radius 1 is 0.947 bits per heavy atom. The normalized spacial score (nSPS) is 26.9. The highest BCUT2D eigenvalue weighted by Crippen LogP contribution is 2.28. The van der Waals surface area contributed by atoms with E-state index in [4.69, 9.17) is 0 Å². The molecule has 19 heavy (non-hydrogen) atoms. The Morgan fingerprint density at radius 3 is 2.53 bits per heavy atom. The van der Waals surface area contributed by atoms with Gasteiger partial charge in [0.05, 0.1) is 0 Å². The van der Waals surface area contributed by atoms with E-state index >= 15 is 0 Å². The molecule has 0 amide bonds. The highest BCUT2D eigenvalue weighted by Gasteiger charge is 2.35. The van der Waals surface area contributed by atoms with Crippen LogP contribution in [0.3, 0.4) is 0 Å². The van der Waals surface area contributed by atoms with Gasteiger partial charge in [0.15, 0.2) is 0 Å². The van der Waals surface area contributed by atoms with Crippen LogP contribution in [0.25, 0.3) is 10.8 Å². The van der Waals surface area contributed by atoms with Gasteiger partial charge in [-0.15, -0.1) is 0 Å². The molecule has 1 N–H and O–H groups in total. The van der Waals surface area contributed by atoms with Crippen LogP contribution >= 0.6 is 0 Å². The third-order valence-corrected chi connectivity index (χ3v) is 4.74. The maximum absolute atomic E-state index is 3.51. The molecule has 2 atom stereocenters. The molecule has 0 saturated carbocycles. The molecule has 2 heterocycles. The Balaban J connectivity index is 1.59. The lowest BCUT2D eigenvalue weighted by Crippen LogP contribution is -2.25. The van der Waals surface area contributed by atoms with Crippen molar-refractivity contribution in [2.24, 2.45) is 11.8 Å². The number of likely N-dealkylation sites (tertiary alicyclic amines) is 1. The predicted octanol–water partition coefficient (Wildman–Crippen LogP) is 2.49. The number of fused-ring (bicyclic) bond motifs is 2. The van der Waals surface area contributed by atoms with E-state index < -0.39 is 0 Å². The number of rotatable bonds is 2. The summed E-state index contributed by atoms with van der Waals surface area (Å²) < 4.78 is 0. The standard InChI is InChI=1S/C17H20N2/c1-2-7-17-13(4-1)5-3-6-14(17)10-19-11-15-8-18-9-16(15)12-19/h1-7,15-16,18H,8-12H2. The zero-order valence-electron chi connectivity index (χ0n) is 11.2. The minimum Gasteiger partial charge on any atom is -0.316 e. The van der Waals surface area contributed by atoms with E-state index in [9.17, 15) is 0 Å². The number of benzene rings is 2. The number of hydrogen-bond donors (Lipinski definition) is 1. The maximum atomic E-state index is 3.51. The molecule has 2 aliphatic heterocycles. The number of nitrogens with zero attached hydrogens (tertiary/aromatic N) is 1. The smallest absolute Gasteiger partial charge is 0.0240 e. The van der Waals surface area contributed by atoms with E-state index in [1.165, 1.54) is 42.5 Å². The van der Waals surface area contributed by atoms with E-state index in [0.717, 1.165) is 18.4 Å². The molecule has 0 radical (unpaired) electrons. The van der Waals surface area contributed by atoms with Gasteiger partial charge in [0.25, 0.3) is 0 Å². The highest BCUT2D eigenvalue weighted by molar-refractivity contribution is 5.85. The van der Waals surface area contributed by atoms with Crippen LogP contribution in [0.1, 0.15) is 5.56 Å². The molecule has 98 valence electrons.